The Hall–Kier alpha value is -4.21. The largest absolute Gasteiger partial charge is 0.497 e. The van der Waals surface area contributed by atoms with E-state index in [1.807, 2.05) is 6.07 Å². The van der Waals surface area contributed by atoms with Crippen LogP contribution in [0.25, 0.3) is 5.57 Å². The molecule has 0 radical (unpaired) electrons. The number of nitrogens with one attached hydrogen (secondary N) is 2. The lowest BCUT2D eigenvalue weighted by atomic mass is 10.2. The molecule has 0 bridgehead atoms. The monoisotopic (exact) mass is 438 g/mol. The molecule has 0 atom stereocenters. The predicted molar refractivity (Wildman–Crippen MR) is 95.8 cm³/mol. The Morgan fingerprint density at radius 1 is 1.19 bits per heavy atom. The lowest BCUT2D eigenvalue weighted by molar-refractivity contribution is -0.138. The third-order valence-corrected chi connectivity index (χ3v) is 3.80. The first-order valence-electron chi connectivity index (χ1n) is 8.25. The lowest BCUT2D eigenvalue weighted by Crippen LogP contribution is -2.07. The van der Waals surface area contributed by atoms with Crippen molar-refractivity contribution in [3.63, 3.8) is 0 Å². The van der Waals surface area contributed by atoms with Gasteiger partial charge in [-0.2, -0.15) is 23.6 Å². The summed E-state index contributed by atoms with van der Waals surface area (Å²) in [4.78, 5) is 0. The number of halogens is 5. The normalized spacial score (nSPS) is 11.7. The fourth-order valence-electron chi connectivity index (χ4n) is 2.34. The van der Waals surface area contributed by atoms with Crippen LogP contribution in [-0.2, 0) is 6.18 Å². The molecule has 0 aliphatic carbocycles. The third-order valence-electron chi connectivity index (χ3n) is 3.80. The summed E-state index contributed by atoms with van der Waals surface area (Å²) >= 11 is 0. The van der Waals surface area contributed by atoms with Crippen molar-refractivity contribution >= 4 is 11.3 Å². The van der Waals surface area contributed by atoms with Crippen molar-refractivity contribution in [1.82, 2.24) is 20.6 Å². The number of nitriles is 1. The zero-order valence-electron chi connectivity index (χ0n) is 15.5. The first-order valence-corrected chi connectivity index (χ1v) is 8.25. The molecule has 13 heteroatoms. The van der Waals surface area contributed by atoms with Crippen LogP contribution < -0.4 is 14.8 Å². The number of tetrazole rings is 1. The minimum Gasteiger partial charge on any atom is -0.497 e. The Labute approximate surface area is 170 Å². The van der Waals surface area contributed by atoms with Gasteiger partial charge in [0.05, 0.1) is 18.4 Å². The number of ether oxygens (including phenoxy) is 2. The number of aromatic nitrogens is 4. The molecule has 0 aliphatic rings. The van der Waals surface area contributed by atoms with Gasteiger partial charge in [-0.15, -0.1) is 10.2 Å². The Morgan fingerprint density at radius 3 is 2.45 bits per heavy atom. The van der Waals surface area contributed by atoms with E-state index in [9.17, 15) is 27.2 Å². The topological polar surface area (TPSA) is 109 Å². The van der Waals surface area contributed by atoms with Gasteiger partial charge in [0, 0.05) is 12.3 Å². The van der Waals surface area contributed by atoms with Gasteiger partial charge in [0.15, 0.2) is 23.1 Å². The maximum absolute atomic E-state index is 14.2. The Bertz CT molecular complexity index is 1130. The van der Waals surface area contributed by atoms with Crippen LogP contribution in [0.1, 0.15) is 11.4 Å². The van der Waals surface area contributed by atoms with E-state index in [0.29, 0.717) is 5.75 Å². The van der Waals surface area contributed by atoms with Gasteiger partial charge in [0.2, 0.25) is 5.82 Å². The van der Waals surface area contributed by atoms with Crippen molar-refractivity contribution in [2.24, 2.45) is 0 Å². The molecule has 2 aromatic carbocycles. The molecular weight excluding hydrogens is 427 g/mol. The van der Waals surface area contributed by atoms with Crippen molar-refractivity contribution < 1.29 is 31.4 Å². The number of alkyl halides is 3. The zero-order valence-corrected chi connectivity index (χ0v) is 15.5. The van der Waals surface area contributed by atoms with Gasteiger partial charge in [-0.1, -0.05) is 0 Å². The van der Waals surface area contributed by atoms with Crippen LogP contribution in [0.15, 0.2) is 36.5 Å². The summed E-state index contributed by atoms with van der Waals surface area (Å²) in [6.45, 7) is 0. The van der Waals surface area contributed by atoms with Crippen LogP contribution in [0.3, 0.4) is 0 Å². The molecule has 0 amide bonds. The van der Waals surface area contributed by atoms with Crippen molar-refractivity contribution in [2.45, 2.75) is 6.18 Å². The highest BCUT2D eigenvalue weighted by molar-refractivity contribution is 5.75. The van der Waals surface area contributed by atoms with Gasteiger partial charge >= 0.3 is 6.18 Å². The molecule has 0 saturated heterocycles. The van der Waals surface area contributed by atoms with Crippen LogP contribution in [0.2, 0.25) is 0 Å². The number of hydrogen-bond acceptors (Lipinski definition) is 7. The highest BCUT2D eigenvalue weighted by atomic mass is 19.4. The van der Waals surface area contributed by atoms with Gasteiger partial charge in [-0.25, -0.2) is 8.78 Å². The fraction of sp³-hybridized carbons (Fsp3) is 0.111. The van der Waals surface area contributed by atoms with Crippen molar-refractivity contribution in [2.75, 3.05) is 12.4 Å². The minimum absolute atomic E-state index is 0.0276. The van der Waals surface area contributed by atoms with E-state index < -0.39 is 29.1 Å². The van der Waals surface area contributed by atoms with Gasteiger partial charge < -0.3 is 14.8 Å². The summed E-state index contributed by atoms with van der Waals surface area (Å²) in [5.41, 5.74) is -1.46. The molecule has 3 aromatic rings. The number of benzene rings is 2. The SMILES string of the molecule is COc1ccc(Oc2c(F)cc(C(F)(F)F)cc2F)c(NC=C(C#N)c2nn[nH]n2)c1. The Balaban J connectivity index is 1.97. The summed E-state index contributed by atoms with van der Waals surface area (Å²) < 4.78 is 76.8. The number of rotatable bonds is 6. The molecule has 0 fully saturated rings. The molecule has 1 aromatic heterocycles. The molecule has 31 heavy (non-hydrogen) atoms. The molecule has 0 unspecified atom stereocenters. The predicted octanol–water partition coefficient (Wildman–Crippen LogP) is 4.27. The molecule has 0 saturated carbocycles. The second-order valence-electron chi connectivity index (χ2n) is 5.78. The number of hydrogen-bond donors (Lipinski definition) is 2. The quantitative estimate of drug-likeness (QED) is 0.437. The summed E-state index contributed by atoms with van der Waals surface area (Å²) in [5.74, 6) is -4.01. The first-order chi connectivity index (χ1) is 14.7. The molecule has 1 heterocycles. The van der Waals surface area contributed by atoms with E-state index >= 15 is 0 Å². The average Bonchev–Trinajstić information content (AvgIpc) is 3.25. The number of aromatic amines is 1. The van der Waals surface area contributed by atoms with Crippen LogP contribution in [0, 0.1) is 23.0 Å². The lowest BCUT2D eigenvalue weighted by Gasteiger charge is -2.15. The maximum atomic E-state index is 14.2. The van der Waals surface area contributed by atoms with E-state index in [0.717, 1.165) is 0 Å². The van der Waals surface area contributed by atoms with Crippen molar-refractivity contribution in [3.05, 3.63) is 59.6 Å². The second-order valence-corrected chi connectivity index (χ2v) is 5.78. The van der Waals surface area contributed by atoms with Gasteiger partial charge in [-0.05, 0) is 29.5 Å². The molecular formula is C18H11F5N6O2. The Morgan fingerprint density at radius 2 is 1.90 bits per heavy atom. The van der Waals surface area contributed by atoms with Gasteiger partial charge in [0.25, 0.3) is 0 Å². The number of H-pyrrole nitrogens is 1. The van der Waals surface area contributed by atoms with Crippen molar-refractivity contribution in [1.29, 1.82) is 5.26 Å². The second kappa shape index (κ2) is 8.66. The smallest absolute Gasteiger partial charge is 0.416 e. The van der Waals surface area contributed by atoms with Crippen LogP contribution >= 0.6 is 0 Å². The first kappa shape index (κ1) is 21.5. The summed E-state index contributed by atoms with van der Waals surface area (Å²) in [6.07, 6.45) is -3.76. The van der Waals surface area contributed by atoms with Crippen LogP contribution in [0.5, 0.6) is 17.2 Å². The number of anilines is 1. The molecule has 8 nitrogen and oxygen atoms in total. The number of methoxy groups -OCH3 is 1. The highest BCUT2D eigenvalue weighted by Crippen LogP contribution is 2.38. The Kier molecular flexibility index (Phi) is 6.00. The molecule has 0 spiro atoms. The number of nitrogens with zero attached hydrogens (tertiary/aromatic N) is 4. The third kappa shape index (κ3) is 4.86. The van der Waals surface area contributed by atoms with Gasteiger partial charge in [-0.3, -0.25) is 0 Å². The highest BCUT2D eigenvalue weighted by Gasteiger charge is 2.33. The molecule has 2 N–H and O–H groups in total. The van der Waals surface area contributed by atoms with E-state index in [1.54, 1.807) is 0 Å². The van der Waals surface area contributed by atoms with Crippen LogP contribution in [0.4, 0.5) is 27.6 Å². The number of allylic oxidation sites excluding steroid dienone is 1. The van der Waals surface area contributed by atoms with E-state index in [2.05, 4.69) is 25.9 Å². The van der Waals surface area contributed by atoms with E-state index in [-0.39, 0.29) is 35.0 Å². The molecule has 160 valence electrons. The summed E-state index contributed by atoms with van der Waals surface area (Å²) in [5, 5.41) is 24.7. The van der Waals surface area contributed by atoms with E-state index in [1.165, 1.54) is 31.5 Å². The van der Waals surface area contributed by atoms with E-state index in [4.69, 9.17) is 9.47 Å². The van der Waals surface area contributed by atoms with Gasteiger partial charge in [0.1, 0.15) is 17.4 Å². The minimum atomic E-state index is -4.93. The standard InChI is InChI=1S/C18H11F5N6O2/c1-30-11-2-3-15(14(6-11)25-8-9(7-24)17-26-28-29-27-17)31-16-12(19)4-10(5-13(16)20)18(21,22)23/h2-6,8,25H,1H3,(H,26,27,28,29). The summed E-state index contributed by atoms with van der Waals surface area (Å²) in [6, 6.07) is 6.11. The molecule has 0 aliphatic heterocycles. The van der Waals surface area contributed by atoms with Crippen molar-refractivity contribution in [3.8, 4) is 23.3 Å². The summed E-state index contributed by atoms with van der Waals surface area (Å²) in [7, 11) is 1.37. The zero-order chi connectivity index (χ0) is 22.6. The van der Waals surface area contributed by atoms with Crippen LogP contribution in [-0.4, -0.2) is 27.7 Å². The average molecular weight is 438 g/mol. The molecule has 3 rings (SSSR count). The fourth-order valence-corrected chi connectivity index (χ4v) is 2.34. The maximum Gasteiger partial charge on any atom is 0.416 e.